The van der Waals surface area contributed by atoms with Gasteiger partial charge in [-0.25, -0.2) is 0 Å². The van der Waals surface area contributed by atoms with E-state index in [1.807, 2.05) is 0 Å². The molecule has 3 nitrogen and oxygen atoms in total. The average Bonchev–Trinajstić information content (AvgIpc) is 3.16. The molecule has 0 bridgehead atoms. The van der Waals surface area contributed by atoms with Crippen LogP contribution >= 0.6 is 11.8 Å². The summed E-state index contributed by atoms with van der Waals surface area (Å²) >= 11 is 1.77. The number of piperidine rings is 1. The molecule has 2 saturated heterocycles. The molecule has 1 aromatic rings. The number of rotatable bonds is 7. The summed E-state index contributed by atoms with van der Waals surface area (Å²) in [6.45, 7) is 5.65. The normalized spacial score (nSPS) is 22.4. The van der Waals surface area contributed by atoms with E-state index in [0.29, 0.717) is 12.3 Å². The average molecular weight is 361 g/mol. The highest BCUT2D eigenvalue weighted by molar-refractivity contribution is 7.98. The van der Waals surface area contributed by atoms with Crippen molar-refractivity contribution < 1.29 is 4.79 Å². The van der Waals surface area contributed by atoms with Crippen LogP contribution in [0.4, 0.5) is 0 Å². The molecule has 0 radical (unpaired) electrons. The maximum absolute atomic E-state index is 12.2. The molecule has 0 spiro atoms. The Morgan fingerprint density at radius 1 is 1.08 bits per heavy atom. The molecular weight excluding hydrogens is 328 g/mol. The topological polar surface area (TPSA) is 23.6 Å². The van der Waals surface area contributed by atoms with Gasteiger partial charge in [0.1, 0.15) is 0 Å². The second kappa shape index (κ2) is 9.63. The lowest BCUT2D eigenvalue weighted by atomic mass is 9.83. The first-order valence-electron chi connectivity index (χ1n) is 9.79. The van der Waals surface area contributed by atoms with Crippen LogP contribution in [0.1, 0.15) is 31.2 Å². The number of nitrogens with zero attached hydrogens (tertiary/aromatic N) is 2. The number of carbonyl (C=O) groups is 1. The Balaban J connectivity index is 1.37. The van der Waals surface area contributed by atoms with E-state index in [0.717, 1.165) is 37.1 Å². The van der Waals surface area contributed by atoms with Gasteiger partial charge in [-0.1, -0.05) is 30.3 Å². The van der Waals surface area contributed by atoms with Gasteiger partial charge in [-0.3, -0.25) is 4.79 Å². The summed E-state index contributed by atoms with van der Waals surface area (Å²) in [6, 6.07) is 10.8. The highest BCUT2D eigenvalue weighted by Crippen LogP contribution is 2.32. The van der Waals surface area contributed by atoms with Gasteiger partial charge in [0.15, 0.2) is 0 Å². The van der Waals surface area contributed by atoms with Crippen molar-refractivity contribution in [1.29, 1.82) is 0 Å². The van der Waals surface area contributed by atoms with Crippen LogP contribution in [0.2, 0.25) is 0 Å². The Bertz CT molecular complexity index is 528. The largest absolute Gasteiger partial charge is 0.342 e. The summed E-state index contributed by atoms with van der Waals surface area (Å²) in [5.41, 5.74) is 1.44. The number of hydrogen-bond acceptors (Lipinski definition) is 3. The molecule has 0 unspecified atom stereocenters. The standard InChI is InChI=1S/C21H32N2OS/c1-25-16-11-21(24)23-15-10-20(17-23)19-8-13-22(14-9-19)12-7-18-5-3-2-4-6-18/h2-6,19-20H,7-17H2,1H3/t20-/m1/s1. The Labute approximate surface area is 157 Å². The highest BCUT2D eigenvalue weighted by atomic mass is 32.2. The first-order chi connectivity index (χ1) is 12.3. The molecule has 2 aliphatic rings. The minimum absolute atomic E-state index is 0.372. The van der Waals surface area contributed by atoms with Crippen molar-refractivity contribution in [3.05, 3.63) is 35.9 Å². The van der Waals surface area contributed by atoms with E-state index in [-0.39, 0.29) is 0 Å². The van der Waals surface area contributed by atoms with Crippen LogP contribution < -0.4 is 0 Å². The van der Waals surface area contributed by atoms with E-state index in [1.165, 1.54) is 44.5 Å². The van der Waals surface area contributed by atoms with Crippen molar-refractivity contribution in [2.24, 2.45) is 11.8 Å². The van der Waals surface area contributed by atoms with Crippen LogP contribution in [0.25, 0.3) is 0 Å². The molecule has 0 saturated carbocycles. The molecule has 25 heavy (non-hydrogen) atoms. The third kappa shape index (κ3) is 5.49. The second-order valence-corrected chi connectivity index (χ2v) is 8.53. The van der Waals surface area contributed by atoms with E-state index in [2.05, 4.69) is 46.4 Å². The van der Waals surface area contributed by atoms with Crippen molar-refractivity contribution in [2.75, 3.05) is 44.7 Å². The van der Waals surface area contributed by atoms with E-state index in [1.54, 1.807) is 11.8 Å². The van der Waals surface area contributed by atoms with Gasteiger partial charge in [0, 0.05) is 31.8 Å². The predicted octanol–water partition coefficient (Wildman–Crippen LogP) is 3.54. The van der Waals surface area contributed by atoms with E-state index in [9.17, 15) is 4.79 Å². The summed E-state index contributed by atoms with van der Waals surface area (Å²) in [6.07, 6.45) is 7.79. The van der Waals surface area contributed by atoms with Crippen molar-refractivity contribution in [3.8, 4) is 0 Å². The maximum Gasteiger partial charge on any atom is 0.223 e. The molecule has 2 fully saturated rings. The van der Waals surface area contributed by atoms with Crippen LogP contribution in [-0.4, -0.2) is 60.4 Å². The first-order valence-corrected chi connectivity index (χ1v) is 11.2. The zero-order valence-electron chi connectivity index (χ0n) is 15.5. The van der Waals surface area contributed by atoms with Gasteiger partial charge in [-0.05, 0) is 62.4 Å². The summed E-state index contributed by atoms with van der Waals surface area (Å²) in [4.78, 5) is 17.0. The van der Waals surface area contributed by atoms with Crippen molar-refractivity contribution in [2.45, 2.75) is 32.1 Å². The molecule has 0 aliphatic carbocycles. The molecule has 2 aliphatic heterocycles. The predicted molar refractivity (Wildman–Crippen MR) is 107 cm³/mol. The van der Waals surface area contributed by atoms with Gasteiger partial charge in [-0.15, -0.1) is 0 Å². The zero-order valence-corrected chi connectivity index (χ0v) is 16.3. The quantitative estimate of drug-likeness (QED) is 0.743. The molecule has 1 atom stereocenters. The van der Waals surface area contributed by atoms with Gasteiger partial charge in [0.25, 0.3) is 0 Å². The molecule has 1 amide bonds. The van der Waals surface area contributed by atoms with Gasteiger partial charge >= 0.3 is 0 Å². The molecule has 138 valence electrons. The maximum atomic E-state index is 12.2. The summed E-state index contributed by atoms with van der Waals surface area (Å²) < 4.78 is 0. The van der Waals surface area contributed by atoms with Crippen LogP contribution in [0.3, 0.4) is 0 Å². The second-order valence-electron chi connectivity index (χ2n) is 7.55. The Hall–Kier alpha value is -1.00. The number of benzene rings is 1. The van der Waals surface area contributed by atoms with Crippen LogP contribution in [-0.2, 0) is 11.2 Å². The summed E-state index contributed by atoms with van der Waals surface area (Å²) in [5.74, 6) is 2.90. The third-order valence-corrected chi connectivity index (χ3v) is 6.57. The van der Waals surface area contributed by atoms with E-state index in [4.69, 9.17) is 0 Å². The van der Waals surface area contributed by atoms with Crippen LogP contribution in [0, 0.1) is 11.8 Å². The molecule has 3 rings (SSSR count). The molecule has 0 aromatic heterocycles. The van der Waals surface area contributed by atoms with Crippen LogP contribution in [0.15, 0.2) is 30.3 Å². The lowest BCUT2D eigenvalue weighted by molar-refractivity contribution is -0.129. The van der Waals surface area contributed by atoms with Crippen molar-refractivity contribution in [1.82, 2.24) is 9.80 Å². The molecular formula is C21H32N2OS. The smallest absolute Gasteiger partial charge is 0.223 e. The van der Waals surface area contributed by atoms with E-state index >= 15 is 0 Å². The van der Waals surface area contributed by atoms with Crippen molar-refractivity contribution >= 4 is 17.7 Å². The van der Waals surface area contributed by atoms with E-state index < -0.39 is 0 Å². The SMILES string of the molecule is CSCCC(=O)N1CC[C@@H](C2CCN(CCc3ccccc3)CC2)C1. The van der Waals surface area contributed by atoms with Crippen LogP contribution in [0.5, 0.6) is 0 Å². The number of amides is 1. The zero-order chi connectivity index (χ0) is 17.5. The van der Waals surface area contributed by atoms with Gasteiger partial charge in [0.2, 0.25) is 5.91 Å². The summed E-state index contributed by atoms with van der Waals surface area (Å²) in [5, 5.41) is 0. The number of likely N-dealkylation sites (tertiary alicyclic amines) is 2. The Morgan fingerprint density at radius 3 is 2.52 bits per heavy atom. The number of hydrogen-bond donors (Lipinski definition) is 0. The number of carbonyl (C=O) groups excluding carboxylic acids is 1. The fourth-order valence-corrected chi connectivity index (χ4v) is 4.70. The monoisotopic (exact) mass is 360 g/mol. The Kier molecular flexibility index (Phi) is 7.23. The van der Waals surface area contributed by atoms with Crippen molar-refractivity contribution in [3.63, 3.8) is 0 Å². The highest BCUT2D eigenvalue weighted by Gasteiger charge is 2.33. The Morgan fingerprint density at radius 2 is 1.80 bits per heavy atom. The fourth-order valence-electron chi connectivity index (χ4n) is 4.33. The molecule has 0 N–H and O–H groups in total. The molecule has 1 aromatic carbocycles. The minimum Gasteiger partial charge on any atom is -0.342 e. The lowest BCUT2D eigenvalue weighted by Gasteiger charge is -2.34. The van der Waals surface area contributed by atoms with Gasteiger partial charge in [0.05, 0.1) is 0 Å². The lowest BCUT2D eigenvalue weighted by Crippen LogP contribution is -2.38. The fraction of sp³-hybridized carbons (Fsp3) is 0.667. The number of thioether (sulfide) groups is 1. The van der Waals surface area contributed by atoms with Gasteiger partial charge in [-0.2, -0.15) is 11.8 Å². The molecule has 4 heteroatoms. The summed E-state index contributed by atoms with van der Waals surface area (Å²) in [7, 11) is 0. The van der Waals surface area contributed by atoms with Gasteiger partial charge < -0.3 is 9.80 Å². The molecule has 2 heterocycles. The third-order valence-electron chi connectivity index (χ3n) is 5.96. The minimum atomic E-state index is 0.372. The first kappa shape index (κ1) is 18.8.